The minimum absolute atomic E-state index is 0.127. The average molecular weight is 415 g/mol. The molecule has 30 heavy (non-hydrogen) atoms. The van der Waals surface area contributed by atoms with E-state index >= 15 is 0 Å². The number of para-hydroxylation sites is 1. The van der Waals surface area contributed by atoms with E-state index in [1.54, 1.807) is 36.4 Å². The number of carbonyl (C=O) groups excluding carboxylic acids is 2. The van der Waals surface area contributed by atoms with Crippen LogP contribution in [0.15, 0.2) is 66.7 Å². The molecule has 0 aliphatic rings. The molecule has 3 aromatic carbocycles. The van der Waals surface area contributed by atoms with Crippen LogP contribution in [0.25, 0.3) is 0 Å². The summed E-state index contributed by atoms with van der Waals surface area (Å²) in [6, 6.07) is 16.6. The second-order valence-corrected chi connectivity index (χ2v) is 6.20. The number of nitrogens with one attached hydrogen (secondary N) is 1. The van der Waals surface area contributed by atoms with E-state index in [-0.39, 0.29) is 5.56 Å². The van der Waals surface area contributed by atoms with Gasteiger partial charge in [0.05, 0.1) is 11.3 Å². The molecule has 0 saturated carbocycles. The van der Waals surface area contributed by atoms with Gasteiger partial charge in [0.25, 0.3) is 5.91 Å². The predicted octanol–water partition coefficient (Wildman–Crippen LogP) is 5.08. The van der Waals surface area contributed by atoms with Crippen molar-refractivity contribution in [2.45, 2.75) is 13.0 Å². The summed E-state index contributed by atoms with van der Waals surface area (Å²) in [5.41, 5.74) is -0.442. The fourth-order valence-corrected chi connectivity index (χ4v) is 2.45. The van der Waals surface area contributed by atoms with Gasteiger partial charge in [-0.3, -0.25) is 4.79 Å². The summed E-state index contributed by atoms with van der Waals surface area (Å²) in [4.78, 5) is 24.5. The molecule has 0 spiro atoms. The summed E-state index contributed by atoms with van der Waals surface area (Å²) in [6.45, 7) is 1.26. The number of benzene rings is 3. The van der Waals surface area contributed by atoms with Crippen molar-refractivity contribution in [2.75, 3.05) is 5.32 Å². The van der Waals surface area contributed by atoms with E-state index < -0.39 is 41.1 Å². The highest BCUT2D eigenvalue weighted by atomic mass is 19.2. The summed E-state index contributed by atoms with van der Waals surface area (Å²) in [6.07, 6.45) is -1.33. The Morgan fingerprint density at radius 3 is 2.30 bits per heavy atom. The van der Waals surface area contributed by atoms with Crippen LogP contribution in [0.1, 0.15) is 17.3 Å². The van der Waals surface area contributed by atoms with Gasteiger partial charge in [-0.1, -0.05) is 24.3 Å². The third-order valence-corrected chi connectivity index (χ3v) is 3.99. The number of amides is 1. The lowest BCUT2D eigenvalue weighted by Crippen LogP contribution is -2.30. The lowest BCUT2D eigenvalue weighted by Gasteiger charge is -2.14. The van der Waals surface area contributed by atoms with Crippen molar-refractivity contribution in [1.29, 1.82) is 0 Å². The molecule has 0 aromatic heterocycles. The summed E-state index contributed by atoms with van der Waals surface area (Å²) in [5.74, 6) is -5.42. The monoisotopic (exact) mass is 415 g/mol. The van der Waals surface area contributed by atoms with Gasteiger partial charge < -0.3 is 14.8 Å². The van der Waals surface area contributed by atoms with Crippen LogP contribution in [0.5, 0.6) is 11.5 Å². The number of halogens is 3. The van der Waals surface area contributed by atoms with Crippen molar-refractivity contribution in [1.82, 2.24) is 0 Å². The Hall–Kier alpha value is -3.81. The van der Waals surface area contributed by atoms with Crippen molar-refractivity contribution >= 4 is 17.6 Å². The zero-order chi connectivity index (χ0) is 21.7. The fraction of sp³-hybridized carbons (Fsp3) is 0.0909. The van der Waals surface area contributed by atoms with Crippen molar-refractivity contribution in [3.8, 4) is 11.5 Å². The zero-order valence-corrected chi connectivity index (χ0v) is 15.7. The van der Waals surface area contributed by atoms with Gasteiger partial charge in [0, 0.05) is 0 Å². The number of esters is 1. The van der Waals surface area contributed by atoms with Gasteiger partial charge in [0.15, 0.2) is 23.6 Å². The topological polar surface area (TPSA) is 64.6 Å². The van der Waals surface area contributed by atoms with E-state index in [1.807, 2.05) is 6.07 Å². The Morgan fingerprint density at radius 2 is 1.57 bits per heavy atom. The molecule has 3 aromatic rings. The maximum absolute atomic E-state index is 13.7. The van der Waals surface area contributed by atoms with Gasteiger partial charge in [0.2, 0.25) is 0 Å². The van der Waals surface area contributed by atoms with E-state index in [0.29, 0.717) is 17.6 Å². The summed E-state index contributed by atoms with van der Waals surface area (Å²) < 4.78 is 50.6. The third kappa shape index (κ3) is 4.96. The van der Waals surface area contributed by atoms with Crippen LogP contribution in [-0.2, 0) is 9.53 Å². The average Bonchev–Trinajstić information content (AvgIpc) is 2.75. The van der Waals surface area contributed by atoms with Crippen LogP contribution in [0.2, 0.25) is 0 Å². The quantitative estimate of drug-likeness (QED) is 0.451. The summed E-state index contributed by atoms with van der Waals surface area (Å²) in [5, 5.41) is 2.06. The van der Waals surface area contributed by atoms with Gasteiger partial charge in [-0.2, -0.15) is 0 Å². The van der Waals surface area contributed by atoms with Crippen LogP contribution >= 0.6 is 0 Å². The van der Waals surface area contributed by atoms with Gasteiger partial charge in [-0.05, 0) is 49.4 Å². The summed E-state index contributed by atoms with van der Waals surface area (Å²) >= 11 is 0. The van der Waals surface area contributed by atoms with E-state index in [9.17, 15) is 22.8 Å². The molecule has 0 saturated heterocycles. The zero-order valence-electron chi connectivity index (χ0n) is 15.7. The molecule has 0 bridgehead atoms. The lowest BCUT2D eigenvalue weighted by atomic mass is 10.2. The second-order valence-electron chi connectivity index (χ2n) is 6.20. The first-order valence-electron chi connectivity index (χ1n) is 8.83. The molecule has 1 amide bonds. The molecule has 0 heterocycles. The molecule has 3 rings (SSSR count). The molecule has 0 aliphatic carbocycles. The predicted molar refractivity (Wildman–Crippen MR) is 103 cm³/mol. The Kier molecular flexibility index (Phi) is 6.36. The maximum atomic E-state index is 13.7. The Balaban J connectivity index is 1.64. The van der Waals surface area contributed by atoms with Crippen LogP contribution in [0.4, 0.5) is 18.9 Å². The molecular weight excluding hydrogens is 399 g/mol. The second kappa shape index (κ2) is 9.13. The SMILES string of the molecule is C[C@H](OC(=O)c1cccc(Oc2ccccc2)c1)C(=O)Nc1ccc(F)c(F)c1F. The standard InChI is InChI=1S/C22H16F3NO4/c1-13(21(27)26-18-11-10-17(23)19(24)20(18)25)29-22(28)14-6-5-9-16(12-14)30-15-7-3-2-4-8-15/h2-13H,1H3,(H,26,27)/t13-/m0/s1. The molecule has 8 heteroatoms. The molecule has 154 valence electrons. The number of rotatable bonds is 6. The van der Waals surface area contributed by atoms with Crippen molar-refractivity contribution in [2.24, 2.45) is 0 Å². The Bertz CT molecular complexity index is 1070. The number of hydrogen-bond acceptors (Lipinski definition) is 4. The molecule has 0 fully saturated rings. The highest BCUT2D eigenvalue weighted by molar-refractivity contribution is 5.97. The smallest absolute Gasteiger partial charge is 0.339 e. The van der Waals surface area contributed by atoms with E-state index in [1.165, 1.54) is 19.1 Å². The first kappa shape index (κ1) is 20.9. The van der Waals surface area contributed by atoms with E-state index in [0.717, 1.165) is 6.07 Å². The first-order chi connectivity index (χ1) is 14.3. The minimum atomic E-state index is -1.72. The molecule has 0 aliphatic heterocycles. The van der Waals surface area contributed by atoms with E-state index in [4.69, 9.17) is 9.47 Å². The highest BCUT2D eigenvalue weighted by Gasteiger charge is 2.22. The van der Waals surface area contributed by atoms with Crippen molar-refractivity contribution < 1.29 is 32.2 Å². The van der Waals surface area contributed by atoms with Gasteiger partial charge in [0.1, 0.15) is 11.5 Å². The number of hydrogen-bond donors (Lipinski definition) is 1. The molecule has 0 radical (unpaired) electrons. The molecule has 1 atom stereocenters. The molecule has 0 unspecified atom stereocenters. The lowest BCUT2D eigenvalue weighted by molar-refractivity contribution is -0.123. The Morgan fingerprint density at radius 1 is 0.867 bits per heavy atom. The summed E-state index contributed by atoms with van der Waals surface area (Å²) in [7, 11) is 0. The van der Waals surface area contributed by atoms with Crippen LogP contribution < -0.4 is 10.1 Å². The maximum Gasteiger partial charge on any atom is 0.339 e. The van der Waals surface area contributed by atoms with Gasteiger partial charge in [-0.25, -0.2) is 18.0 Å². The highest BCUT2D eigenvalue weighted by Crippen LogP contribution is 2.23. The van der Waals surface area contributed by atoms with Crippen molar-refractivity contribution in [3.05, 3.63) is 89.7 Å². The minimum Gasteiger partial charge on any atom is -0.457 e. The largest absolute Gasteiger partial charge is 0.457 e. The van der Waals surface area contributed by atoms with Gasteiger partial charge >= 0.3 is 5.97 Å². The first-order valence-corrected chi connectivity index (χ1v) is 8.83. The third-order valence-electron chi connectivity index (χ3n) is 3.99. The normalized spacial score (nSPS) is 11.5. The van der Waals surface area contributed by atoms with Crippen LogP contribution in [0, 0.1) is 17.5 Å². The number of ether oxygens (including phenoxy) is 2. The Labute approximate surface area is 170 Å². The van der Waals surface area contributed by atoms with Gasteiger partial charge in [-0.15, -0.1) is 0 Å². The number of anilines is 1. The molecule has 5 nitrogen and oxygen atoms in total. The molecule has 1 N–H and O–H groups in total. The van der Waals surface area contributed by atoms with E-state index in [2.05, 4.69) is 5.32 Å². The van der Waals surface area contributed by atoms with Crippen LogP contribution in [-0.4, -0.2) is 18.0 Å². The number of carbonyl (C=O) groups is 2. The van der Waals surface area contributed by atoms with Crippen molar-refractivity contribution in [3.63, 3.8) is 0 Å². The molecular formula is C22H16F3NO4. The fourth-order valence-electron chi connectivity index (χ4n) is 2.45. The van der Waals surface area contributed by atoms with Crippen LogP contribution in [0.3, 0.4) is 0 Å².